The zero-order chi connectivity index (χ0) is 11.9. The van der Waals surface area contributed by atoms with E-state index in [-0.39, 0.29) is 12.4 Å². The number of hydrogen-bond donors (Lipinski definition) is 1. The van der Waals surface area contributed by atoms with Gasteiger partial charge in [0.15, 0.2) is 0 Å². The van der Waals surface area contributed by atoms with E-state index in [1.54, 1.807) is 0 Å². The summed E-state index contributed by atoms with van der Waals surface area (Å²) in [5.74, 6) is 0. The lowest BCUT2D eigenvalue weighted by Gasteiger charge is -2.05. The van der Waals surface area contributed by atoms with Gasteiger partial charge in [0.25, 0.3) is 0 Å². The summed E-state index contributed by atoms with van der Waals surface area (Å²) in [6.07, 6.45) is 0. The fourth-order valence-corrected chi connectivity index (χ4v) is 0.866. The molecule has 8 heteroatoms. The third-order valence-electron chi connectivity index (χ3n) is 1.64. The first-order valence-corrected chi connectivity index (χ1v) is 5.30. The second-order valence-electron chi connectivity index (χ2n) is 2.90. The first-order chi connectivity index (χ1) is 7.91. The van der Waals surface area contributed by atoms with E-state index in [1.165, 1.54) is 0 Å². The molecule has 0 aromatic rings. The summed E-state index contributed by atoms with van der Waals surface area (Å²) in [6, 6.07) is 0. The maximum atomic E-state index is 7.99. The summed E-state index contributed by atoms with van der Waals surface area (Å²) in [6.45, 7) is 4.56. The van der Waals surface area contributed by atoms with Crippen LogP contribution in [-0.2, 0) is 14.2 Å². The third-order valence-corrected chi connectivity index (χ3v) is 1.64. The average molecular weight is 269 g/mol. The Morgan fingerprint density at radius 1 is 1.00 bits per heavy atom. The van der Waals surface area contributed by atoms with Crippen molar-refractivity contribution in [3.63, 3.8) is 0 Å². The number of nitrogens with one attached hydrogen (secondary N) is 1. The Morgan fingerprint density at radius 2 is 1.53 bits per heavy atom. The van der Waals surface area contributed by atoms with Crippen LogP contribution in [0, 0.1) is 0 Å². The van der Waals surface area contributed by atoms with Gasteiger partial charge < -0.3 is 19.5 Å². The molecule has 0 aromatic heterocycles. The molecule has 0 radical (unpaired) electrons. The molecule has 0 aliphatic heterocycles. The van der Waals surface area contributed by atoms with Crippen LogP contribution in [0.3, 0.4) is 0 Å². The molecule has 0 bridgehead atoms. The highest BCUT2D eigenvalue weighted by atomic mass is 35.5. The number of nitrogens with zero attached hydrogens (tertiary/aromatic N) is 3. The van der Waals surface area contributed by atoms with Crippen molar-refractivity contribution < 1.29 is 14.2 Å². The largest absolute Gasteiger partial charge is 0.379 e. The number of halogens is 1. The topological polar surface area (TPSA) is 88.5 Å². The fraction of sp³-hybridized carbons (Fsp3) is 1.00. The fourth-order valence-electron chi connectivity index (χ4n) is 0.866. The molecular formula is C9H21ClN4O3. The second-order valence-corrected chi connectivity index (χ2v) is 2.90. The molecule has 7 nitrogen and oxygen atoms in total. The lowest BCUT2D eigenvalue weighted by molar-refractivity contribution is 0.0168. The van der Waals surface area contributed by atoms with E-state index in [0.29, 0.717) is 46.2 Å². The molecular weight excluding hydrogens is 248 g/mol. The molecule has 102 valence electrons. The van der Waals surface area contributed by atoms with E-state index in [9.17, 15) is 0 Å². The van der Waals surface area contributed by atoms with Crippen LogP contribution in [0.4, 0.5) is 0 Å². The molecule has 0 rings (SSSR count). The van der Waals surface area contributed by atoms with Crippen molar-refractivity contribution in [2.75, 3.05) is 59.8 Å². The van der Waals surface area contributed by atoms with Crippen LogP contribution in [0.5, 0.6) is 0 Å². The summed E-state index contributed by atoms with van der Waals surface area (Å²) in [5, 5.41) is 6.32. The molecule has 0 saturated carbocycles. The Morgan fingerprint density at radius 3 is 2.06 bits per heavy atom. The maximum Gasteiger partial charge on any atom is 0.0701 e. The Bertz CT molecular complexity index is 191. The minimum atomic E-state index is 0. The lowest BCUT2D eigenvalue weighted by Crippen LogP contribution is -2.16. The molecule has 0 fully saturated rings. The van der Waals surface area contributed by atoms with Gasteiger partial charge in [-0.25, -0.2) is 0 Å². The van der Waals surface area contributed by atoms with Gasteiger partial charge in [-0.3, -0.25) is 0 Å². The Balaban J connectivity index is 0. The molecule has 17 heavy (non-hydrogen) atoms. The van der Waals surface area contributed by atoms with Crippen LogP contribution in [0.25, 0.3) is 10.4 Å². The number of likely N-dealkylation sites (N-methyl/N-ethyl adjacent to an activating group) is 1. The number of rotatable bonds is 12. The van der Waals surface area contributed by atoms with E-state index >= 15 is 0 Å². The van der Waals surface area contributed by atoms with Gasteiger partial charge in [0.2, 0.25) is 0 Å². The van der Waals surface area contributed by atoms with Crippen molar-refractivity contribution in [1.29, 1.82) is 0 Å². The van der Waals surface area contributed by atoms with E-state index in [0.717, 1.165) is 6.54 Å². The standard InChI is InChI=1S/C9H20N4O3.ClH/c1-11-2-4-14-6-8-16-9-7-15-5-3-12-13-10;/h11H,2-9H2,1H3;1H. The third kappa shape index (κ3) is 18.0. The molecule has 0 atom stereocenters. The quantitative estimate of drug-likeness (QED) is 0.247. The van der Waals surface area contributed by atoms with Gasteiger partial charge in [-0.05, 0) is 12.6 Å². The molecule has 0 amide bonds. The van der Waals surface area contributed by atoms with Crippen molar-refractivity contribution in [2.24, 2.45) is 5.11 Å². The van der Waals surface area contributed by atoms with Gasteiger partial charge in [-0.2, -0.15) is 0 Å². The Hall–Kier alpha value is -0.560. The maximum absolute atomic E-state index is 7.99. The zero-order valence-corrected chi connectivity index (χ0v) is 10.9. The average Bonchev–Trinajstić information content (AvgIpc) is 2.31. The lowest BCUT2D eigenvalue weighted by atomic mass is 10.6. The normalized spacial score (nSPS) is 9.47. The summed E-state index contributed by atoms with van der Waals surface area (Å²) in [7, 11) is 1.88. The van der Waals surface area contributed by atoms with Crippen LogP contribution >= 0.6 is 12.4 Å². The number of azide groups is 1. The molecule has 0 saturated heterocycles. The molecule has 0 heterocycles. The molecule has 1 N–H and O–H groups in total. The number of hydrogen-bond acceptors (Lipinski definition) is 5. The van der Waals surface area contributed by atoms with Crippen molar-refractivity contribution in [3.8, 4) is 0 Å². The predicted octanol–water partition coefficient (Wildman–Crippen LogP) is 0.988. The smallest absolute Gasteiger partial charge is 0.0701 e. The van der Waals surface area contributed by atoms with Crippen LogP contribution in [0.15, 0.2) is 5.11 Å². The predicted molar refractivity (Wildman–Crippen MR) is 67.6 cm³/mol. The monoisotopic (exact) mass is 268 g/mol. The van der Waals surface area contributed by atoms with Crippen LogP contribution in [-0.4, -0.2) is 59.8 Å². The van der Waals surface area contributed by atoms with Crippen molar-refractivity contribution in [3.05, 3.63) is 10.4 Å². The van der Waals surface area contributed by atoms with Crippen LogP contribution < -0.4 is 5.32 Å². The van der Waals surface area contributed by atoms with Gasteiger partial charge in [-0.1, -0.05) is 5.11 Å². The summed E-state index contributed by atoms with van der Waals surface area (Å²) < 4.78 is 15.6. The number of ether oxygens (including phenoxy) is 3. The highest BCUT2D eigenvalue weighted by Gasteiger charge is 1.90. The summed E-state index contributed by atoms with van der Waals surface area (Å²) >= 11 is 0. The van der Waals surface area contributed by atoms with Crippen LogP contribution in [0.1, 0.15) is 0 Å². The zero-order valence-electron chi connectivity index (χ0n) is 10.1. The molecule has 0 spiro atoms. The highest BCUT2D eigenvalue weighted by molar-refractivity contribution is 5.85. The first kappa shape index (κ1) is 18.8. The SMILES string of the molecule is CNCCOCCOCCOCCN=[N+]=[N-].Cl. The minimum absolute atomic E-state index is 0. The van der Waals surface area contributed by atoms with Crippen molar-refractivity contribution in [1.82, 2.24) is 5.32 Å². The van der Waals surface area contributed by atoms with E-state index < -0.39 is 0 Å². The summed E-state index contributed by atoms with van der Waals surface area (Å²) in [4.78, 5) is 2.61. The molecule has 0 aliphatic carbocycles. The Kier molecular flexibility index (Phi) is 19.7. The van der Waals surface area contributed by atoms with E-state index in [2.05, 4.69) is 15.3 Å². The van der Waals surface area contributed by atoms with Crippen molar-refractivity contribution >= 4 is 12.4 Å². The van der Waals surface area contributed by atoms with Crippen LogP contribution in [0.2, 0.25) is 0 Å². The van der Waals surface area contributed by atoms with E-state index in [4.69, 9.17) is 19.7 Å². The van der Waals surface area contributed by atoms with Gasteiger partial charge in [0.05, 0.1) is 39.6 Å². The Labute approximate surface area is 108 Å². The molecule has 0 unspecified atom stereocenters. The summed E-state index contributed by atoms with van der Waals surface area (Å²) in [5.41, 5.74) is 7.99. The van der Waals surface area contributed by atoms with Crippen molar-refractivity contribution in [2.45, 2.75) is 0 Å². The van der Waals surface area contributed by atoms with Gasteiger partial charge >= 0.3 is 0 Å². The van der Waals surface area contributed by atoms with Gasteiger partial charge in [0.1, 0.15) is 0 Å². The molecule has 0 aliphatic rings. The minimum Gasteiger partial charge on any atom is -0.379 e. The van der Waals surface area contributed by atoms with Gasteiger partial charge in [-0.15, -0.1) is 12.4 Å². The highest BCUT2D eigenvalue weighted by Crippen LogP contribution is 1.81. The second kappa shape index (κ2) is 17.8. The first-order valence-electron chi connectivity index (χ1n) is 5.30. The van der Waals surface area contributed by atoms with E-state index in [1.807, 2.05) is 7.05 Å². The molecule has 0 aromatic carbocycles. The van der Waals surface area contributed by atoms with Gasteiger partial charge in [0, 0.05) is 18.0 Å².